The van der Waals surface area contributed by atoms with Gasteiger partial charge in [0.2, 0.25) is 0 Å². The van der Waals surface area contributed by atoms with Crippen LogP contribution in [-0.2, 0) is 17.1 Å². The molecule has 0 unspecified atom stereocenters. The fourth-order valence-corrected chi connectivity index (χ4v) is 4.87. The van der Waals surface area contributed by atoms with Gasteiger partial charge in [0.1, 0.15) is 5.82 Å². The van der Waals surface area contributed by atoms with Gasteiger partial charge in [0.15, 0.2) is 5.03 Å². The lowest BCUT2D eigenvalue weighted by molar-refractivity contribution is 0.247. The zero-order valence-corrected chi connectivity index (χ0v) is 14.2. The Morgan fingerprint density at radius 2 is 2.08 bits per heavy atom. The Hall–Kier alpha value is -2.19. The lowest BCUT2D eigenvalue weighted by Gasteiger charge is -2.32. The van der Waals surface area contributed by atoms with E-state index >= 15 is 0 Å². The molecular weight excluding hydrogens is 326 g/mol. The number of imidazole rings is 2. The number of aromatic amines is 1. The standard InChI is InChI=1S/C16H19N5O2S/c1-20-10-15(17-11-20)24(22,23)21-9-5-4-8-14(21)16-18-12-6-2-3-7-13(12)19-16/h2-3,6-7,10-11,14H,4-5,8-9H2,1H3,(H,18,19)/t14-/m0/s1. The molecule has 2 aromatic heterocycles. The number of H-pyrrole nitrogens is 1. The molecule has 1 saturated heterocycles. The van der Waals surface area contributed by atoms with E-state index in [1.165, 1.54) is 10.6 Å². The number of rotatable bonds is 3. The number of aromatic nitrogens is 4. The van der Waals surface area contributed by atoms with E-state index in [0.29, 0.717) is 12.4 Å². The van der Waals surface area contributed by atoms with E-state index in [2.05, 4.69) is 15.0 Å². The number of para-hydroxylation sites is 2. The van der Waals surface area contributed by atoms with Gasteiger partial charge in [0.25, 0.3) is 10.0 Å². The first kappa shape index (κ1) is 15.3. The molecule has 4 rings (SSSR count). The molecule has 24 heavy (non-hydrogen) atoms. The summed E-state index contributed by atoms with van der Waals surface area (Å²) in [5.74, 6) is 0.704. The molecular formula is C16H19N5O2S. The quantitative estimate of drug-likeness (QED) is 0.789. The molecule has 1 N–H and O–H groups in total. The summed E-state index contributed by atoms with van der Waals surface area (Å²) in [5, 5.41) is 0.0908. The van der Waals surface area contributed by atoms with Crippen LogP contribution < -0.4 is 0 Å². The molecule has 0 amide bonds. The van der Waals surface area contributed by atoms with Crippen molar-refractivity contribution in [2.75, 3.05) is 6.54 Å². The number of fused-ring (bicyclic) bond motifs is 1. The first-order chi connectivity index (χ1) is 11.6. The second-order valence-corrected chi connectivity index (χ2v) is 7.98. The van der Waals surface area contributed by atoms with Crippen molar-refractivity contribution in [3.63, 3.8) is 0 Å². The van der Waals surface area contributed by atoms with E-state index < -0.39 is 10.0 Å². The average molecular weight is 345 g/mol. The van der Waals surface area contributed by atoms with Crippen LogP contribution in [0.1, 0.15) is 31.1 Å². The Bertz CT molecular complexity index is 942. The molecule has 1 fully saturated rings. The summed E-state index contributed by atoms with van der Waals surface area (Å²) < 4.78 is 29.2. The third-order valence-corrected chi connectivity index (χ3v) is 6.23. The molecule has 1 aromatic carbocycles. The maximum absolute atomic E-state index is 13.0. The SMILES string of the molecule is Cn1cnc(S(=O)(=O)N2CCCC[C@H]2c2nc3ccccc3[nH]2)c1. The van der Waals surface area contributed by atoms with Gasteiger partial charge in [-0.1, -0.05) is 18.6 Å². The number of nitrogens with zero attached hydrogens (tertiary/aromatic N) is 4. The third kappa shape index (κ3) is 2.51. The topological polar surface area (TPSA) is 83.9 Å². The van der Waals surface area contributed by atoms with Crippen molar-refractivity contribution in [2.45, 2.75) is 30.3 Å². The molecule has 0 bridgehead atoms. The van der Waals surface area contributed by atoms with E-state index in [-0.39, 0.29) is 11.1 Å². The normalized spacial score (nSPS) is 19.8. The highest BCUT2D eigenvalue weighted by Crippen LogP contribution is 2.34. The molecule has 0 spiro atoms. The number of nitrogens with one attached hydrogen (secondary N) is 1. The fourth-order valence-electron chi connectivity index (χ4n) is 3.24. The summed E-state index contributed by atoms with van der Waals surface area (Å²) in [6.07, 6.45) is 5.64. The van der Waals surface area contributed by atoms with Crippen LogP contribution in [0, 0.1) is 0 Å². The lowest BCUT2D eigenvalue weighted by Crippen LogP contribution is -2.39. The minimum absolute atomic E-state index is 0.0908. The van der Waals surface area contributed by atoms with Crippen LogP contribution in [0.4, 0.5) is 0 Å². The molecule has 126 valence electrons. The molecule has 1 aliphatic rings. The summed E-state index contributed by atoms with van der Waals surface area (Å²) in [6.45, 7) is 0.487. The zero-order valence-electron chi connectivity index (χ0n) is 13.4. The second-order valence-electron chi connectivity index (χ2n) is 6.14. The highest BCUT2D eigenvalue weighted by Gasteiger charge is 2.37. The molecule has 0 radical (unpaired) electrons. The minimum Gasteiger partial charge on any atom is -0.341 e. The smallest absolute Gasteiger partial charge is 0.262 e. The minimum atomic E-state index is -3.63. The van der Waals surface area contributed by atoms with Crippen LogP contribution in [0.15, 0.2) is 41.8 Å². The molecule has 0 saturated carbocycles. The summed E-state index contributed by atoms with van der Waals surface area (Å²) in [4.78, 5) is 11.9. The first-order valence-electron chi connectivity index (χ1n) is 8.00. The number of benzene rings is 1. The van der Waals surface area contributed by atoms with Crippen molar-refractivity contribution in [3.8, 4) is 0 Å². The first-order valence-corrected chi connectivity index (χ1v) is 9.44. The summed E-state index contributed by atoms with van der Waals surface area (Å²) in [5.41, 5.74) is 1.78. The molecule has 3 heterocycles. The van der Waals surface area contributed by atoms with Gasteiger partial charge in [-0.3, -0.25) is 0 Å². The Labute approximate surface area is 140 Å². The lowest BCUT2D eigenvalue weighted by atomic mass is 10.0. The van der Waals surface area contributed by atoms with Crippen LogP contribution >= 0.6 is 0 Å². The van der Waals surface area contributed by atoms with Gasteiger partial charge in [-0.25, -0.2) is 18.4 Å². The van der Waals surface area contributed by atoms with Crippen LogP contribution in [0.5, 0.6) is 0 Å². The molecule has 7 nitrogen and oxygen atoms in total. The number of aryl methyl sites for hydroxylation is 1. The van der Waals surface area contributed by atoms with Crippen molar-refractivity contribution in [1.29, 1.82) is 0 Å². The van der Waals surface area contributed by atoms with Crippen LogP contribution in [0.2, 0.25) is 0 Å². The van der Waals surface area contributed by atoms with Gasteiger partial charge in [-0.2, -0.15) is 4.31 Å². The molecule has 1 atom stereocenters. The largest absolute Gasteiger partial charge is 0.341 e. The molecule has 8 heteroatoms. The van der Waals surface area contributed by atoms with E-state index in [9.17, 15) is 8.42 Å². The predicted octanol–water partition coefficient (Wildman–Crippen LogP) is 2.21. The van der Waals surface area contributed by atoms with Crippen molar-refractivity contribution in [3.05, 3.63) is 42.6 Å². The van der Waals surface area contributed by atoms with Crippen molar-refractivity contribution < 1.29 is 8.42 Å². The fraction of sp³-hybridized carbons (Fsp3) is 0.375. The maximum atomic E-state index is 13.0. The molecule has 3 aromatic rings. The van der Waals surface area contributed by atoms with Crippen LogP contribution in [-0.4, -0.2) is 38.8 Å². The highest BCUT2D eigenvalue weighted by molar-refractivity contribution is 7.89. The molecule has 0 aliphatic carbocycles. The Kier molecular flexibility index (Phi) is 3.65. The van der Waals surface area contributed by atoms with Crippen molar-refractivity contribution in [1.82, 2.24) is 23.8 Å². The monoisotopic (exact) mass is 345 g/mol. The van der Waals surface area contributed by atoms with Gasteiger partial charge in [0.05, 0.1) is 23.4 Å². The van der Waals surface area contributed by atoms with Gasteiger partial charge >= 0.3 is 0 Å². The van der Waals surface area contributed by atoms with Gasteiger partial charge in [-0.15, -0.1) is 0 Å². The summed E-state index contributed by atoms with van der Waals surface area (Å²) >= 11 is 0. The van der Waals surface area contributed by atoms with Gasteiger partial charge < -0.3 is 9.55 Å². The van der Waals surface area contributed by atoms with Gasteiger partial charge in [-0.05, 0) is 25.0 Å². The van der Waals surface area contributed by atoms with Crippen LogP contribution in [0.25, 0.3) is 11.0 Å². The number of hydrogen-bond donors (Lipinski definition) is 1. The van der Waals surface area contributed by atoms with Crippen LogP contribution in [0.3, 0.4) is 0 Å². The van der Waals surface area contributed by atoms with E-state index in [1.54, 1.807) is 17.8 Å². The summed E-state index contributed by atoms with van der Waals surface area (Å²) in [7, 11) is -1.87. The second kappa shape index (κ2) is 5.71. The van der Waals surface area contributed by atoms with E-state index in [0.717, 1.165) is 30.3 Å². The number of piperidine rings is 1. The Morgan fingerprint density at radius 3 is 2.83 bits per heavy atom. The summed E-state index contributed by atoms with van der Waals surface area (Å²) in [6, 6.07) is 7.46. The predicted molar refractivity (Wildman–Crippen MR) is 89.8 cm³/mol. The Balaban J connectivity index is 1.75. The zero-order chi connectivity index (χ0) is 16.7. The van der Waals surface area contributed by atoms with Crippen molar-refractivity contribution >= 4 is 21.1 Å². The average Bonchev–Trinajstić information content (AvgIpc) is 3.21. The van der Waals surface area contributed by atoms with Crippen molar-refractivity contribution in [2.24, 2.45) is 7.05 Å². The van der Waals surface area contributed by atoms with E-state index in [1.807, 2.05) is 24.3 Å². The highest BCUT2D eigenvalue weighted by atomic mass is 32.2. The van der Waals surface area contributed by atoms with E-state index in [4.69, 9.17) is 0 Å². The third-order valence-electron chi connectivity index (χ3n) is 4.43. The van der Waals surface area contributed by atoms with Gasteiger partial charge in [0, 0.05) is 19.8 Å². The number of sulfonamides is 1. The number of hydrogen-bond acceptors (Lipinski definition) is 4. The molecule has 1 aliphatic heterocycles. The maximum Gasteiger partial charge on any atom is 0.262 e. The Morgan fingerprint density at radius 1 is 1.25 bits per heavy atom.